The van der Waals surface area contributed by atoms with Gasteiger partial charge in [0.05, 0.1) is 0 Å². The van der Waals surface area contributed by atoms with E-state index in [1.165, 1.54) is 49.3 Å². The first-order chi connectivity index (χ1) is 9.65. The highest BCUT2D eigenvalue weighted by atomic mass is 15.2. The first-order valence-electron chi connectivity index (χ1n) is 8.08. The van der Waals surface area contributed by atoms with Crippen LogP contribution in [0.15, 0.2) is 6.07 Å². The van der Waals surface area contributed by atoms with E-state index < -0.39 is 0 Å². The second kappa shape index (κ2) is 7.07. The summed E-state index contributed by atoms with van der Waals surface area (Å²) in [6.45, 7) is 13.0. The molecular weight excluding hydrogens is 246 g/mol. The average molecular weight is 275 g/mol. The van der Waals surface area contributed by atoms with E-state index in [0.717, 1.165) is 24.7 Å². The van der Waals surface area contributed by atoms with Crippen LogP contribution in [-0.4, -0.2) is 24.6 Å². The first-order valence-corrected chi connectivity index (χ1v) is 8.08. The van der Waals surface area contributed by atoms with Crippen LogP contribution in [0.4, 0.5) is 5.82 Å². The summed E-state index contributed by atoms with van der Waals surface area (Å²) in [6, 6.07) is 2.20. The summed E-state index contributed by atoms with van der Waals surface area (Å²) in [4.78, 5) is 7.36. The van der Waals surface area contributed by atoms with E-state index in [2.05, 4.69) is 44.0 Å². The molecule has 1 unspecified atom stereocenters. The minimum atomic E-state index is 0.856. The molecule has 0 aliphatic carbocycles. The zero-order valence-corrected chi connectivity index (χ0v) is 13.5. The zero-order chi connectivity index (χ0) is 14.5. The summed E-state index contributed by atoms with van der Waals surface area (Å²) >= 11 is 0. The minimum absolute atomic E-state index is 0.856. The maximum atomic E-state index is 4.85. The van der Waals surface area contributed by atoms with Crippen molar-refractivity contribution in [3.8, 4) is 0 Å². The number of hydrogen-bond donors (Lipinski definition) is 1. The summed E-state index contributed by atoms with van der Waals surface area (Å²) < 4.78 is 0. The topological polar surface area (TPSA) is 28.2 Å². The molecule has 0 radical (unpaired) electrons. The molecule has 3 heteroatoms. The number of anilines is 1. The molecule has 2 heterocycles. The van der Waals surface area contributed by atoms with Gasteiger partial charge in [-0.2, -0.15) is 0 Å². The molecular formula is C17H29N3. The first kappa shape index (κ1) is 15.3. The van der Waals surface area contributed by atoms with Crippen molar-refractivity contribution >= 4 is 5.82 Å². The third-order valence-electron chi connectivity index (χ3n) is 4.29. The minimum Gasteiger partial charge on any atom is -0.356 e. The number of aryl methyl sites for hydroxylation is 2. The maximum Gasteiger partial charge on any atom is 0.133 e. The molecule has 0 bridgehead atoms. The summed E-state index contributed by atoms with van der Waals surface area (Å²) in [5.74, 6) is 2.08. The molecule has 1 N–H and O–H groups in total. The molecule has 1 atom stereocenters. The van der Waals surface area contributed by atoms with Gasteiger partial charge >= 0.3 is 0 Å². The van der Waals surface area contributed by atoms with Gasteiger partial charge < -0.3 is 10.2 Å². The molecule has 0 saturated carbocycles. The van der Waals surface area contributed by atoms with Crippen LogP contribution >= 0.6 is 0 Å². The highest BCUT2D eigenvalue weighted by Crippen LogP contribution is 2.29. The fourth-order valence-electron chi connectivity index (χ4n) is 3.24. The SMILES string of the molecule is CCCC1CCN(c2nc(C)cc(C)c2CNCC)C1. The van der Waals surface area contributed by atoms with Crippen molar-refractivity contribution in [3.05, 3.63) is 22.9 Å². The van der Waals surface area contributed by atoms with E-state index >= 15 is 0 Å². The molecule has 1 aromatic rings. The van der Waals surface area contributed by atoms with Gasteiger partial charge in [-0.25, -0.2) is 4.98 Å². The van der Waals surface area contributed by atoms with Crippen molar-refractivity contribution < 1.29 is 0 Å². The maximum absolute atomic E-state index is 4.85. The third kappa shape index (κ3) is 3.51. The van der Waals surface area contributed by atoms with Crippen LogP contribution in [0.3, 0.4) is 0 Å². The Morgan fingerprint density at radius 2 is 2.15 bits per heavy atom. The van der Waals surface area contributed by atoms with Gasteiger partial charge in [-0.05, 0) is 50.8 Å². The normalized spacial score (nSPS) is 18.8. The number of pyridine rings is 1. The highest BCUT2D eigenvalue weighted by Gasteiger charge is 2.25. The number of nitrogens with zero attached hydrogens (tertiary/aromatic N) is 2. The largest absolute Gasteiger partial charge is 0.356 e. The van der Waals surface area contributed by atoms with E-state index in [1.54, 1.807) is 0 Å². The van der Waals surface area contributed by atoms with Gasteiger partial charge in [0.25, 0.3) is 0 Å². The number of nitrogens with one attached hydrogen (secondary N) is 1. The smallest absolute Gasteiger partial charge is 0.133 e. The molecule has 1 fully saturated rings. The number of rotatable bonds is 6. The standard InChI is InChI=1S/C17H29N3/c1-5-7-15-8-9-20(12-15)17-16(11-18-6-2)13(3)10-14(4)19-17/h10,15,18H,5-9,11-12H2,1-4H3. The van der Waals surface area contributed by atoms with Crippen molar-refractivity contribution in [2.75, 3.05) is 24.5 Å². The Hall–Kier alpha value is -1.09. The Morgan fingerprint density at radius 3 is 2.85 bits per heavy atom. The van der Waals surface area contributed by atoms with E-state index in [9.17, 15) is 0 Å². The molecule has 1 aliphatic rings. The fourth-order valence-corrected chi connectivity index (χ4v) is 3.24. The number of hydrogen-bond acceptors (Lipinski definition) is 3. The van der Waals surface area contributed by atoms with Crippen LogP contribution in [0.2, 0.25) is 0 Å². The lowest BCUT2D eigenvalue weighted by molar-refractivity contribution is 0.529. The van der Waals surface area contributed by atoms with Gasteiger partial charge in [0, 0.05) is 30.9 Å². The van der Waals surface area contributed by atoms with Crippen LogP contribution < -0.4 is 10.2 Å². The Morgan fingerprint density at radius 1 is 1.35 bits per heavy atom. The van der Waals surface area contributed by atoms with Crippen LogP contribution in [-0.2, 0) is 6.54 Å². The van der Waals surface area contributed by atoms with E-state index in [-0.39, 0.29) is 0 Å². The highest BCUT2D eigenvalue weighted by molar-refractivity contribution is 5.52. The third-order valence-corrected chi connectivity index (χ3v) is 4.29. The Kier molecular flexibility index (Phi) is 5.41. The summed E-state index contributed by atoms with van der Waals surface area (Å²) in [5, 5.41) is 3.46. The molecule has 1 aliphatic heterocycles. The van der Waals surface area contributed by atoms with Gasteiger partial charge in [0.15, 0.2) is 0 Å². The second-order valence-corrected chi connectivity index (χ2v) is 6.05. The predicted octanol–water partition coefficient (Wildman–Crippen LogP) is 3.43. The molecule has 0 amide bonds. The molecule has 1 aromatic heterocycles. The molecule has 112 valence electrons. The van der Waals surface area contributed by atoms with Gasteiger partial charge in [-0.1, -0.05) is 20.3 Å². The lowest BCUT2D eigenvalue weighted by Gasteiger charge is -2.23. The zero-order valence-electron chi connectivity index (χ0n) is 13.5. The van der Waals surface area contributed by atoms with E-state index in [4.69, 9.17) is 4.98 Å². The van der Waals surface area contributed by atoms with Gasteiger partial charge in [0.2, 0.25) is 0 Å². The number of aromatic nitrogens is 1. The van der Waals surface area contributed by atoms with E-state index in [0.29, 0.717) is 0 Å². The fraction of sp³-hybridized carbons (Fsp3) is 0.706. The van der Waals surface area contributed by atoms with Gasteiger partial charge in [-0.15, -0.1) is 0 Å². The van der Waals surface area contributed by atoms with Crippen LogP contribution in [0.1, 0.15) is 49.9 Å². The molecule has 2 rings (SSSR count). The molecule has 3 nitrogen and oxygen atoms in total. The Labute approximate surface area is 123 Å². The second-order valence-electron chi connectivity index (χ2n) is 6.05. The Bertz CT molecular complexity index is 442. The van der Waals surface area contributed by atoms with E-state index in [1.807, 2.05) is 0 Å². The van der Waals surface area contributed by atoms with Crippen molar-refractivity contribution in [3.63, 3.8) is 0 Å². The van der Waals surface area contributed by atoms with Crippen molar-refractivity contribution in [2.45, 2.75) is 53.5 Å². The van der Waals surface area contributed by atoms with Crippen molar-refractivity contribution in [1.82, 2.24) is 10.3 Å². The van der Waals surface area contributed by atoms with Crippen LogP contribution in [0, 0.1) is 19.8 Å². The van der Waals surface area contributed by atoms with Gasteiger partial charge in [0.1, 0.15) is 5.82 Å². The molecule has 0 spiro atoms. The predicted molar refractivity (Wildman–Crippen MR) is 86.3 cm³/mol. The van der Waals surface area contributed by atoms with Crippen LogP contribution in [0.5, 0.6) is 0 Å². The summed E-state index contributed by atoms with van der Waals surface area (Å²) in [7, 11) is 0. The summed E-state index contributed by atoms with van der Waals surface area (Å²) in [5.41, 5.74) is 3.89. The Balaban J connectivity index is 2.21. The lowest BCUT2D eigenvalue weighted by atomic mass is 10.0. The van der Waals surface area contributed by atoms with Crippen molar-refractivity contribution in [1.29, 1.82) is 0 Å². The summed E-state index contributed by atoms with van der Waals surface area (Å²) in [6.07, 6.45) is 3.97. The monoisotopic (exact) mass is 275 g/mol. The lowest BCUT2D eigenvalue weighted by Crippen LogP contribution is -2.25. The van der Waals surface area contributed by atoms with Gasteiger partial charge in [-0.3, -0.25) is 0 Å². The molecule has 1 saturated heterocycles. The molecule has 20 heavy (non-hydrogen) atoms. The average Bonchev–Trinajstić information content (AvgIpc) is 2.86. The van der Waals surface area contributed by atoms with Crippen molar-refractivity contribution in [2.24, 2.45) is 5.92 Å². The quantitative estimate of drug-likeness (QED) is 0.862. The molecule has 0 aromatic carbocycles. The van der Waals surface area contributed by atoms with Crippen LogP contribution in [0.25, 0.3) is 0 Å².